The largest absolute Gasteiger partial charge is 0.397 e. The molecular formula is C23H26FN7O. The van der Waals surface area contributed by atoms with E-state index in [0.29, 0.717) is 28.8 Å². The van der Waals surface area contributed by atoms with Crippen LogP contribution in [0.3, 0.4) is 0 Å². The summed E-state index contributed by atoms with van der Waals surface area (Å²) in [5.74, 6) is 1.25. The standard InChI is InChI=1S/C23H26FN7O/c1-30-23(31-12-14-8-9-26-10-15(14)13-31)20(11-27-30)29-22(32)21-18(25)6-7-19(28-21)16-4-2-3-5-17(16)24/h2-7,11,14-15,26H,8-10,12-13,25H2,1H3,(H,29,32). The molecule has 2 aliphatic heterocycles. The van der Waals surface area contributed by atoms with Gasteiger partial charge in [-0.1, -0.05) is 12.1 Å². The number of nitrogens with two attached hydrogens (primary N) is 1. The SMILES string of the molecule is Cn1ncc(NC(=O)c2nc(-c3ccccc3F)ccc2N)c1N1CC2CCNCC2C1. The Morgan fingerprint density at radius 1 is 1.22 bits per heavy atom. The fourth-order valence-electron chi connectivity index (χ4n) is 4.79. The second-order valence-corrected chi connectivity index (χ2v) is 8.49. The normalized spacial score (nSPS) is 20.2. The number of anilines is 3. The Labute approximate surface area is 185 Å². The molecule has 0 bridgehead atoms. The molecular weight excluding hydrogens is 409 g/mol. The molecule has 0 aliphatic carbocycles. The van der Waals surface area contributed by atoms with Crippen LogP contribution < -0.4 is 21.3 Å². The quantitative estimate of drug-likeness (QED) is 0.582. The lowest BCUT2D eigenvalue weighted by atomic mass is 9.90. The minimum absolute atomic E-state index is 0.0554. The highest BCUT2D eigenvalue weighted by Gasteiger charge is 2.36. The number of piperidine rings is 1. The van der Waals surface area contributed by atoms with Crippen molar-refractivity contribution in [3.05, 3.63) is 54.1 Å². The molecule has 1 amide bonds. The van der Waals surface area contributed by atoms with Gasteiger partial charge in [-0.15, -0.1) is 0 Å². The highest BCUT2D eigenvalue weighted by molar-refractivity contribution is 6.07. The van der Waals surface area contributed by atoms with Gasteiger partial charge in [0.2, 0.25) is 0 Å². The molecule has 0 radical (unpaired) electrons. The second-order valence-electron chi connectivity index (χ2n) is 8.49. The maximum atomic E-state index is 14.2. The number of halogens is 1. The molecule has 9 heteroatoms. The number of nitrogens with zero attached hydrogens (tertiary/aromatic N) is 4. The number of carbonyl (C=O) groups excluding carboxylic acids is 1. The molecule has 2 atom stereocenters. The molecule has 0 spiro atoms. The van der Waals surface area contributed by atoms with Gasteiger partial charge in [0.25, 0.3) is 5.91 Å². The molecule has 166 valence electrons. The molecule has 4 heterocycles. The van der Waals surface area contributed by atoms with Crippen LogP contribution in [0.25, 0.3) is 11.3 Å². The summed E-state index contributed by atoms with van der Waals surface area (Å²) in [6.07, 6.45) is 2.80. The number of hydrogen-bond acceptors (Lipinski definition) is 6. The van der Waals surface area contributed by atoms with Crippen LogP contribution in [-0.2, 0) is 7.05 Å². The van der Waals surface area contributed by atoms with Crippen molar-refractivity contribution in [1.82, 2.24) is 20.1 Å². The van der Waals surface area contributed by atoms with E-state index in [1.54, 1.807) is 41.2 Å². The minimum atomic E-state index is -0.451. The average Bonchev–Trinajstić information content (AvgIpc) is 3.37. The fourth-order valence-corrected chi connectivity index (χ4v) is 4.79. The predicted molar refractivity (Wildman–Crippen MR) is 122 cm³/mol. The molecule has 8 nitrogen and oxygen atoms in total. The van der Waals surface area contributed by atoms with E-state index in [4.69, 9.17) is 5.73 Å². The third kappa shape index (κ3) is 3.69. The zero-order valence-corrected chi connectivity index (χ0v) is 17.9. The number of aryl methyl sites for hydroxylation is 1. The lowest BCUT2D eigenvalue weighted by Gasteiger charge is -2.23. The van der Waals surface area contributed by atoms with Crippen LogP contribution in [0.2, 0.25) is 0 Å². The molecule has 3 aromatic rings. The van der Waals surface area contributed by atoms with Crippen molar-refractivity contribution in [3.63, 3.8) is 0 Å². The van der Waals surface area contributed by atoms with Gasteiger partial charge in [0.15, 0.2) is 11.5 Å². The number of carbonyl (C=O) groups is 1. The van der Waals surface area contributed by atoms with E-state index in [0.717, 1.165) is 38.4 Å². The van der Waals surface area contributed by atoms with Crippen LogP contribution in [0.1, 0.15) is 16.9 Å². The van der Waals surface area contributed by atoms with Gasteiger partial charge < -0.3 is 21.3 Å². The van der Waals surface area contributed by atoms with E-state index < -0.39 is 11.7 Å². The molecule has 2 aromatic heterocycles. The number of nitrogens with one attached hydrogen (secondary N) is 2. The lowest BCUT2D eigenvalue weighted by Crippen LogP contribution is -2.35. The fraction of sp³-hybridized carbons (Fsp3) is 0.348. The Morgan fingerprint density at radius 3 is 2.84 bits per heavy atom. The van der Waals surface area contributed by atoms with E-state index in [1.165, 1.54) is 6.07 Å². The summed E-state index contributed by atoms with van der Waals surface area (Å²) in [7, 11) is 1.87. The Morgan fingerprint density at radius 2 is 2.03 bits per heavy atom. The molecule has 2 unspecified atom stereocenters. The molecule has 2 saturated heterocycles. The summed E-state index contributed by atoms with van der Waals surface area (Å²) in [6, 6.07) is 9.50. The summed E-state index contributed by atoms with van der Waals surface area (Å²) < 4.78 is 16.0. The van der Waals surface area contributed by atoms with Gasteiger partial charge in [-0.2, -0.15) is 5.10 Å². The van der Waals surface area contributed by atoms with Crippen LogP contribution in [0, 0.1) is 17.7 Å². The van der Waals surface area contributed by atoms with Gasteiger partial charge in [-0.25, -0.2) is 9.37 Å². The first-order valence-corrected chi connectivity index (χ1v) is 10.8. The van der Waals surface area contributed by atoms with Crippen LogP contribution in [0.15, 0.2) is 42.6 Å². The van der Waals surface area contributed by atoms with Crippen LogP contribution in [0.4, 0.5) is 21.6 Å². The van der Waals surface area contributed by atoms with Crippen molar-refractivity contribution in [2.75, 3.05) is 42.1 Å². The highest BCUT2D eigenvalue weighted by atomic mass is 19.1. The van der Waals surface area contributed by atoms with Crippen molar-refractivity contribution >= 4 is 23.1 Å². The van der Waals surface area contributed by atoms with Crippen molar-refractivity contribution in [3.8, 4) is 11.3 Å². The van der Waals surface area contributed by atoms with Gasteiger partial charge in [0, 0.05) is 25.7 Å². The smallest absolute Gasteiger partial charge is 0.276 e. The summed E-state index contributed by atoms with van der Waals surface area (Å²) in [5.41, 5.74) is 7.61. The van der Waals surface area contributed by atoms with Gasteiger partial charge in [-0.3, -0.25) is 9.48 Å². The number of hydrogen-bond donors (Lipinski definition) is 3. The van der Waals surface area contributed by atoms with Crippen molar-refractivity contribution < 1.29 is 9.18 Å². The third-order valence-electron chi connectivity index (χ3n) is 6.42. The van der Waals surface area contributed by atoms with E-state index in [2.05, 4.69) is 25.6 Å². The van der Waals surface area contributed by atoms with E-state index in [9.17, 15) is 9.18 Å². The molecule has 5 rings (SSSR count). The number of amides is 1. The maximum Gasteiger partial charge on any atom is 0.276 e. The summed E-state index contributed by atoms with van der Waals surface area (Å²) >= 11 is 0. The monoisotopic (exact) mass is 435 g/mol. The van der Waals surface area contributed by atoms with E-state index in [-0.39, 0.29) is 11.4 Å². The summed E-state index contributed by atoms with van der Waals surface area (Å²) in [5, 5.41) is 10.8. The number of rotatable bonds is 4. The second kappa shape index (κ2) is 8.23. The molecule has 0 saturated carbocycles. The van der Waals surface area contributed by atoms with E-state index >= 15 is 0 Å². The zero-order chi connectivity index (χ0) is 22.2. The molecule has 2 fully saturated rings. The summed E-state index contributed by atoms with van der Waals surface area (Å²) in [4.78, 5) is 19.8. The number of aromatic nitrogens is 3. The topological polar surface area (TPSA) is 101 Å². The average molecular weight is 436 g/mol. The number of fused-ring (bicyclic) bond motifs is 1. The zero-order valence-electron chi connectivity index (χ0n) is 17.9. The Kier molecular flexibility index (Phi) is 5.26. The number of nitrogen functional groups attached to an aromatic ring is 1. The van der Waals surface area contributed by atoms with Crippen molar-refractivity contribution in [2.45, 2.75) is 6.42 Å². The van der Waals surface area contributed by atoms with Crippen LogP contribution in [0.5, 0.6) is 0 Å². The number of benzene rings is 1. The Balaban J connectivity index is 1.41. The van der Waals surface area contributed by atoms with Crippen molar-refractivity contribution in [1.29, 1.82) is 0 Å². The van der Waals surface area contributed by atoms with Crippen LogP contribution >= 0.6 is 0 Å². The van der Waals surface area contributed by atoms with Gasteiger partial charge in [0.05, 0.1) is 17.6 Å². The Hall–Kier alpha value is -3.46. The number of pyridine rings is 1. The molecule has 1 aromatic carbocycles. The van der Waals surface area contributed by atoms with Gasteiger partial charge in [0.1, 0.15) is 11.5 Å². The van der Waals surface area contributed by atoms with Crippen molar-refractivity contribution in [2.24, 2.45) is 18.9 Å². The maximum absolute atomic E-state index is 14.2. The first-order chi connectivity index (χ1) is 15.5. The van der Waals surface area contributed by atoms with Crippen LogP contribution in [-0.4, -0.2) is 46.9 Å². The highest BCUT2D eigenvalue weighted by Crippen LogP contribution is 2.35. The van der Waals surface area contributed by atoms with Gasteiger partial charge >= 0.3 is 0 Å². The summed E-state index contributed by atoms with van der Waals surface area (Å²) in [6.45, 7) is 3.93. The predicted octanol–water partition coefficient (Wildman–Crippen LogP) is 2.50. The lowest BCUT2D eigenvalue weighted by molar-refractivity contribution is 0.102. The molecule has 32 heavy (non-hydrogen) atoms. The first kappa shape index (κ1) is 20.4. The third-order valence-corrected chi connectivity index (χ3v) is 6.42. The first-order valence-electron chi connectivity index (χ1n) is 10.8. The Bertz CT molecular complexity index is 1150. The minimum Gasteiger partial charge on any atom is -0.397 e. The van der Waals surface area contributed by atoms with E-state index in [1.807, 2.05) is 7.05 Å². The van der Waals surface area contributed by atoms with Gasteiger partial charge in [-0.05, 0) is 55.6 Å². The molecule has 4 N–H and O–H groups in total. The molecule has 2 aliphatic rings.